The number of aromatic nitrogens is 2. The summed E-state index contributed by atoms with van der Waals surface area (Å²) in [4.78, 5) is 0.327. The molecule has 0 amide bonds. The van der Waals surface area contributed by atoms with Crippen LogP contribution in [0.2, 0.25) is 0 Å². The van der Waals surface area contributed by atoms with Gasteiger partial charge in [-0.1, -0.05) is 6.92 Å². The van der Waals surface area contributed by atoms with E-state index in [1.165, 1.54) is 0 Å². The van der Waals surface area contributed by atoms with E-state index in [-0.39, 0.29) is 5.75 Å². The molecule has 1 aromatic heterocycles. The van der Waals surface area contributed by atoms with Crippen molar-refractivity contribution in [3.63, 3.8) is 0 Å². The third-order valence-corrected chi connectivity index (χ3v) is 4.92. The predicted molar refractivity (Wildman–Crippen MR) is 75.2 cm³/mol. The van der Waals surface area contributed by atoms with E-state index in [0.717, 1.165) is 17.1 Å². The van der Waals surface area contributed by atoms with Crippen molar-refractivity contribution in [2.75, 3.05) is 11.5 Å². The molecular weight excluding hydrogens is 262 g/mol. The Morgan fingerprint density at radius 1 is 1.21 bits per heavy atom. The summed E-state index contributed by atoms with van der Waals surface area (Å²) < 4.78 is 25.2. The van der Waals surface area contributed by atoms with Crippen LogP contribution >= 0.6 is 0 Å². The molecule has 0 spiro atoms. The van der Waals surface area contributed by atoms with Gasteiger partial charge in [0.1, 0.15) is 0 Å². The van der Waals surface area contributed by atoms with Crippen LogP contribution in [-0.2, 0) is 9.84 Å². The SMILES string of the molecule is CCS(=O)(=O)c1ccc(-n2nc(C)c(N)c2C)cc1. The van der Waals surface area contributed by atoms with E-state index in [2.05, 4.69) is 5.10 Å². The van der Waals surface area contributed by atoms with Crippen LogP contribution in [0.1, 0.15) is 18.3 Å². The summed E-state index contributed by atoms with van der Waals surface area (Å²) in [6.07, 6.45) is 0. The van der Waals surface area contributed by atoms with Crippen LogP contribution in [-0.4, -0.2) is 24.0 Å². The second kappa shape index (κ2) is 4.70. The van der Waals surface area contributed by atoms with Gasteiger partial charge in [-0.05, 0) is 38.1 Å². The van der Waals surface area contributed by atoms with E-state index in [9.17, 15) is 8.42 Å². The summed E-state index contributed by atoms with van der Waals surface area (Å²) in [6.45, 7) is 5.35. The molecule has 1 aromatic carbocycles. The summed E-state index contributed by atoms with van der Waals surface area (Å²) in [5, 5.41) is 4.33. The van der Waals surface area contributed by atoms with Gasteiger partial charge in [0.15, 0.2) is 9.84 Å². The fourth-order valence-electron chi connectivity index (χ4n) is 1.87. The van der Waals surface area contributed by atoms with Crippen molar-refractivity contribution in [2.24, 2.45) is 0 Å². The summed E-state index contributed by atoms with van der Waals surface area (Å²) in [7, 11) is -3.16. The first-order valence-electron chi connectivity index (χ1n) is 6.01. The highest BCUT2D eigenvalue weighted by Crippen LogP contribution is 2.21. The van der Waals surface area contributed by atoms with Crippen LogP contribution in [0.25, 0.3) is 5.69 Å². The molecule has 0 saturated carbocycles. The molecule has 0 saturated heterocycles. The maximum atomic E-state index is 11.7. The molecule has 2 N–H and O–H groups in total. The molecule has 6 heteroatoms. The summed E-state index contributed by atoms with van der Waals surface area (Å²) >= 11 is 0. The molecule has 19 heavy (non-hydrogen) atoms. The van der Waals surface area contributed by atoms with Crippen LogP contribution in [0, 0.1) is 13.8 Å². The Morgan fingerprint density at radius 2 is 1.79 bits per heavy atom. The lowest BCUT2D eigenvalue weighted by atomic mass is 10.3. The summed E-state index contributed by atoms with van der Waals surface area (Å²) in [5.41, 5.74) is 8.95. The van der Waals surface area contributed by atoms with Gasteiger partial charge in [0.05, 0.1) is 33.4 Å². The van der Waals surface area contributed by atoms with Gasteiger partial charge in [-0.15, -0.1) is 0 Å². The molecule has 0 aliphatic rings. The molecule has 2 rings (SSSR count). The molecule has 0 radical (unpaired) electrons. The monoisotopic (exact) mass is 279 g/mol. The molecule has 5 nitrogen and oxygen atoms in total. The zero-order chi connectivity index (χ0) is 14.2. The molecule has 0 aliphatic carbocycles. The molecule has 0 atom stereocenters. The number of sulfone groups is 1. The highest BCUT2D eigenvalue weighted by Gasteiger charge is 2.13. The summed E-state index contributed by atoms with van der Waals surface area (Å²) in [6, 6.07) is 6.67. The van der Waals surface area contributed by atoms with Gasteiger partial charge in [-0.25, -0.2) is 13.1 Å². The molecule has 2 aromatic rings. The van der Waals surface area contributed by atoms with E-state index >= 15 is 0 Å². The predicted octanol–water partition coefficient (Wildman–Crippen LogP) is 1.86. The average Bonchev–Trinajstić information content (AvgIpc) is 2.67. The minimum atomic E-state index is -3.16. The quantitative estimate of drug-likeness (QED) is 0.930. The standard InChI is InChI=1S/C13H17N3O2S/c1-4-19(17,18)12-7-5-11(6-8-12)16-10(3)13(14)9(2)15-16/h5-8H,4,14H2,1-3H3. The smallest absolute Gasteiger partial charge is 0.178 e. The largest absolute Gasteiger partial charge is 0.396 e. The second-order valence-corrected chi connectivity index (χ2v) is 6.67. The van der Waals surface area contributed by atoms with E-state index in [0.29, 0.717) is 10.6 Å². The van der Waals surface area contributed by atoms with Crippen molar-refractivity contribution in [1.29, 1.82) is 0 Å². The number of anilines is 1. The zero-order valence-corrected chi connectivity index (χ0v) is 12.0. The van der Waals surface area contributed by atoms with Crippen LogP contribution in [0.3, 0.4) is 0 Å². The topological polar surface area (TPSA) is 78.0 Å². The maximum Gasteiger partial charge on any atom is 0.178 e. The number of hydrogen-bond donors (Lipinski definition) is 1. The first-order valence-corrected chi connectivity index (χ1v) is 7.67. The molecule has 0 aliphatic heterocycles. The Labute approximate surface area is 113 Å². The fourth-order valence-corrected chi connectivity index (χ4v) is 2.75. The molecule has 0 unspecified atom stereocenters. The van der Waals surface area contributed by atoms with Gasteiger partial charge in [0.2, 0.25) is 0 Å². The van der Waals surface area contributed by atoms with Crippen LogP contribution in [0.4, 0.5) is 5.69 Å². The number of hydrogen-bond acceptors (Lipinski definition) is 4. The van der Waals surface area contributed by atoms with Crippen molar-refractivity contribution >= 4 is 15.5 Å². The van der Waals surface area contributed by atoms with Gasteiger partial charge < -0.3 is 5.73 Å². The third kappa shape index (κ3) is 2.35. The normalized spacial score (nSPS) is 11.7. The Morgan fingerprint density at radius 3 is 2.21 bits per heavy atom. The van der Waals surface area contributed by atoms with Crippen LogP contribution < -0.4 is 5.73 Å². The minimum Gasteiger partial charge on any atom is -0.396 e. The number of nitrogens with two attached hydrogens (primary N) is 1. The third-order valence-electron chi connectivity index (χ3n) is 3.17. The molecule has 0 bridgehead atoms. The van der Waals surface area contributed by atoms with E-state index in [1.807, 2.05) is 13.8 Å². The van der Waals surface area contributed by atoms with Crippen molar-refractivity contribution in [1.82, 2.24) is 9.78 Å². The van der Waals surface area contributed by atoms with Crippen molar-refractivity contribution < 1.29 is 8.42 Å². The maximum absolute atomic E-state index is 11.7. The fraction of sp³-hybridized carbons (Fsp3) is 0.308. The number of nitrogen functional groups attached to an aromatic ring is 1. The molecule has 0 fully saturated rings. The highest BCUT2D eigenvalue weighted by atomic mass is 32.2. The zero-order valence-electron chi connectivity index (χ0n) is 11.2. The lowest BCUT2D eigenvalue weighted by Crippen LogP contribution is -2.05. The van der Waals surface area contributed by atoms with Gasteiger partial charge in [0, 0.05) is 0 Å². The Hall–Kier alpha value is -1.82. The second-order valence-electron chi connectivity index (χ2n) is 4.39. The lowest BCUT2D eigenvalue weighted by molar-refractivity contribution is 0.597. The van der Waals surface area contributed by atoms with Crippen molar-refractivity contribution in [2.45, 2.75) is 25.7 Å². The number of nitrogens with zero attached hydrogens (tertiary/aromatic N) is 2. The van der Waals surface area contributed by atoms with Crippen molar-refractivity contribution in [3.8, 4) is 5.69 Å². The molecular formula is C13H17N3O2S. The average molecular weight is 279 g/mol. The van der Waals surface area contributed by atoms with Crippen molar-refractivity contribution in [3.05, 3.63) is 35.7 Å². The van der Waals surface area contributed by atoms with Crippen LogP contribution in [0.15, 0.2) is 29.2 Å². The molecule has 1 heterocycles. The van der Waals surface area contributed by atoms with E-state index in [4.69, 9.17) is 5.73 Å². The van der Waals surface area contributed by atoms with Crippen LogP contribution in [0.5, 0.6) is 0 Å². The highest BCUT2D eigenvalue weighted by molar-refractivity contribution is 7.91. The first kappa shape index (κ1) is 13.6. The molecule has 102 valence electrons. The lowest BCUT2D eigenvalue weighted by Gasteiger charge is -2.06. The number of benzene rings is 1. The minimum absolute atomic E-state index is 0.0964. The Kier molecular flexibility index (Phi) is 3.36. The Bertz CT molecular complexity index is 700. The Balaban J connectivity index is 2.46. The van der Waals surface area contributed by atoms with E-state index < -0.39 is 9.84 Å². The van der Waals surface area contributed by atoms with Gasteiger partial charge in [-0.2, -0.15) is 5.10 Å². The van der Waals surface area contributed by atoms with Gasteiger partial charge in [-0.3, -0.25) is 0 Å². The number of rotatable bonds is 3. The van der Waals surface area contributed by atoms with E-state index in [1.54, 1.807) is 35.9 Å². The van der Waals surface area contributed by atoms with Gasteiger partial charge in [0.25, 0.3) is 0 Å². The number of aryl methyl sites for hydroxylation is 1. The first-order chi connectivity index (χ1) is 8.86. The summed E-state index contributed by atoms with van der Waals surface area (Å²) in [5.74, 6) is 0.0964. The van der Waals surface area contributed by atoms with Gasteiger partial charge >= 0.3 is 0 Å².